The van der Waals surface area contributed by atoms with E-state index in [9.17, 15) is 9.90 Å². The van der Waals surface area contributed by atoms with Crippen molar-refractivity contribution in [3.63, 3.8) is 0 Å². The van der Waals surface area contributed by atoms with Crippen LogP contribution in [0.15, 0.2) is 18.3 Å². The molecule has 1 fully saturated rings. The van der Waals surface area contributed by atoms with E-state index in [0.29, 0.717) is 37.6 Å². The first-order valence-electron chi connectivity index (χ1n) is 8.49. The average Bonchev–Trinajstić information content (AvgIpc) is 2.54. The molecule has 0 atom stereocenters. The Morgan fingerprint density at radius 2 is 2.16 bits per heavy atom. The number of nitrogens with zero attached hydrogens (tertiary/aromatic N) is 1. The zero-order chi connectivity index (χ0) is 18.0. The summed E-state index contributed by atoms with van der Waals surface area (Å²) in [7, 11) is 0. The van der Waals surface area contributed by atoms with Crippen LogP contribution in [0.25, 0.3) is 10.9 Å². The number of carbonyl (C=O) groups is 1. The van der Waals surface area contributed by atoms with Crippen molar-refractivity contribution in [3.8, 4) is 0 Å². The maximum atomic E-state index is 12.4. The van der Waals surface area contributed by atoms with Crippen molar-refractivity contribution >= 4 is 22.6 Å². The number of anilines is 1. The molecule has 1 aliphatic rings. The van der Waals surface area contributed by atoms with E-state index >= 15 is 0 Å². The van der Waals surface area contributed by atoms with Gasteiger partial charge in [0.05, 0.1) is 43.0 Å². The van der Waals surface area contributed by atoms with E-state index in [-0.39, 0.29) is 12.0 Å². The molecule has 3 rings (SSSR count). The fraction of sp³-hybridized carbons (Fsp3) is 0.474. The molecule has 1 aromatic carbocycles. The molecule has 0 radical (unpaired) electrons. The van der Waals surface area contributed by atoms with Crippen molar-refractivity contribution in [2.75, 3.05) is 38.3 Å². The van der Waals surface area contributed by atoms with Crippen LogP contribution in [0.1, 0.15) is 28.4 Å². The summed E-state index contributed by atoms with van der Waals surface area (Å²) >= 11 is 0. The molecule has 0 saturated carbocycles. The van der Waals surface area contributed by atoms with Crippen LogP contribution < -0.4 is 5.32 Å². The van der Waals surface area contributed by atoms with Gasteiger partial charge in [-0.2, -0.15) is 0 Å². The van der Waals surface area contributed by atoms with Crippen LogP contribution in [0.5, 0.6) is 0 Å². The summed E-state index contributed by atoms with van der Waals surface area (Å²) in [6, 6.07) is 4.08. The van der Waals surface area contributed by atoms with E-state index in [0.717, 1.165) is 22.0 Å². The summed E-state index contributed by atoms with van der Waals surface area (Å²) in [4.78, 5) is 16.8. The number of benzene rings is 1. The van der Waals surface area contributed by atoms with E-state index in [2.05, 4.69) is 16.4 Å². The number of hydrogen-bond acceptors (Lipinski definition) is 6. The molecule has 1 aliphatic heterocycles. The largest absolute Gasteiger partial charge is 0.462 e. The minimum Gasteiger partial charge on any atom is -0.462 e. The van der Waals surface area contributed by atoms with Crippen LogP contribution in [-0.4, -0.2) is 49.0 Å². The molecule has 0 amide bonds. The molecular weight excluding hydrogens is 320 g/mol. The number of carbonyl (C=O) groups excluding carboxylic acids is 1. The van der Waals surface area contributed by atoms with Gasteiger partial charge in [-0.3, -0.25) is 4.98 Å². The number of fused-ring (bicyclic) bond motifs is 1. The summed E-state index contributed by atoms with van der Waals surface area (Å²) in [5.41, 5.74) is 3.81. The van der Waals surface area contributed by atoms with E-state index in [4.69, 9.17) is 9.47 Å². The maximum Gasteiger partial charge on any atom is 0.341 e. The Labute approximate surface area is 147 Å². The van der Waals surface area contributed by atoms with Gasteiger partial charge in [0, 0.05) is 18.1 Å². The van der Waals surface area contributed by atoms with Crippen molar-refractivity contribution in [3.05, 3.63) is 35.0 Å². The molecule has 0 bridgehead atoms. The Hall–Kier alpha value is -2.18. The maximum absolute atomic E-state index is 12.4. The number of nitrogens with one attached hydrogen (secondary N) is 1. The number of pyridine rings is 1. The topological polar surface area (TPSA) is 80.7 Å². The predicted molar refractivity (Wildman–Crippen MR) is 96.0 cm³/mol. The lowest BCUT2D eigenvalue weighted by molar-refractivity contribution is -0.128. The van der Waals surface area contributed by atoms with Gasteiger partial charge in [-0.1, -0.05) is 11.6 Å². The minimum absolute atomic E-state index is 0.0375. The molecule has 1 saturated heterocycles. The third-order valence-electron chi connectivity index (χ3n) is 4.59. The first-order valence-corrected chi connectivity index (χ1v) is 8.49. The lowest BCUT2D eigenvalue weighted by Crippen LogP contribution is -2.50. The van der Waals surface area contributed by atoms with Crippen molar-refractivity contribution in [2.45, 2.75) is 20.8 Å². The summed E-state index contributed by atoms with van der Waals surface area (Å²) in [5.74, 6) is -0.401. The van der Waals surface area contributed by atoms with Gasteiger partial charge in [0.15, 0.2) is 0 Å². The van der Waals surface area contributed by atoms with Crippen molar-refractivity contribution in [1.82, 2.24) is 4.98 Å². The van der Waals surface area contributed by atoms with Gasteiger partial charge >= 0.3 is 5.97 Å². The highest BCUT2D eigenvalue weighted by atomic mass is 16.5. The van der Waals surface area contributed by atoms with Crippen molar-refractivity contribution in [1.29, 1.82) is 0 Å². The number of aromatic nitrogens is 1. The van der Waals surface area contributed by atoms with Crippen LogP contribution in [0.2, 0.25) is 0 Å². The fourth-order valence-corrected chi connectivity index (χ4v) is 3.13. The first kappa shape index (κ1) is 17.6. The third-order valence-corrected chi connectivity index (χ3v) is 4.59. The summed E-state index contributed by atoms with van der Waals surface area (Å²) in [5, 5.41) is 13.9. The van der Waals surface area contributed by atoms with E-state index in [1.807, 2.05) is 19.9 Å². The Balaban J connectivity index is 2.06. The van der Waals surface area contributed by atoms with Crippen LogP contribution in [0.4, 0.5) is 5.69 Å². The summed E-state index contributed by atoms with van der Waals surface area (Å²) in [6.07, 6.45) is 1.56. The zero-order valence-corrected chi connectivity index (χ0v) is 14.9. The Morgan fingerprint density at radius 3 is 2.76 bits per heavy atom. The van der Waals surface area contributed by atoms with Gasteiger partial charge in [0.2, 0.25) is 0 Å². The van der Waals surface area contributed by atoms with E-state index in [1.54, 1.807) is 13.1 Å². The van der Waals surface area contributed by atoms with Crippen LogP contribution in [0.3, 0.4) is 0 Å². The van der Waals surface area contributed by atoms with Gasteiger partial charge in [-0.25, -0.2) is 4.79 Å². The lowest BCUT2D eigenvalue weighted by atomic mass is 9.87. The molecule has 2 aromatic rings. The highest BCUT2D eigenvalue weighted by Gasteiger charge is 2.38. The van der Waals surface area contributed by atoms with E-state index in [1.165, 1.54) is 0 Å². The van der Waals surface area contributed by atoms with Gasteiger partial charge < -0.3 is 19.9 Å². The van der Waals surface area contributed by atoms with Gasteiger partial charge in [0.1, 0.15) is 5.56 Å². The molecular formula is C19H24N2O4. The van der Waals surface area contributed by atoms with Crippen LogP contribution >= 0.6 is 0 Å². The minimum atomic E-state index is -0.401. The predicted octanol–water partition coefficient (Wildman–Crippen LogP) is 2.45. The molecule has 6 heteroatoms. The Morgan fingerprint density at radius 1 is 1.40 bits per heavy atom. The second kappa shape index (κ2) is 6.98. The highest BCUT2D eigenvalue weighted by molar-refractivity contribution is 6.05. The molecule has 25 heavy (non-hydrogen) atoms. The SMILES string of the molecule is CCOC(=O)c1cnc2c(C)cc(C)cc2c1NCC1(CO)COC1. The lowest BCUT2D eigenvalue weighted by Gasteiger charge is -2.40. The van der Waals surface area contributed by atoms with Crippen LogP contribution in [-0.2, 0) is 9.47 Å². The molecule has 0 unspecified atom stereocenters. The number of hydrogen-bond donors (Lipinski definition) is 2. The molecule has 1 aromatic heterocycles. The Kier molecular flexibility index (Phi) is 4.92. The average molecular weight is 344 g/mol. The number of esters is 1. The summed E-state index contributed by atoms with van der Waals surface area (Å²) in [6.45, 7) is 7.67. The third kappa shape index (κ3) is 3.32. The molecule has 2 N–H and O–H groups in total. The number of aliphatic hydroxyl groups excluding tert-OH is 1. The smallest absolute Gasteiger partial charge is 0.341 e. The fourth-order valence-electron chi connectivity index (χ4n) is 3.13. The monoisotopic (exact) mass is 344 g/mol. The van der Waals surface area contributed by atoms with Crippen molar-refractivity contribution in [2.24, 2.45) is 5.41 Å². The van der Waals surface area contributed by atoms with Crippen LogP contribution in [0, 0.1) is 19.3 Å². The molecule has 134 valence electrons. The van der Waals surface area contributed by atoms with Gasteiger partial charge in [-0.15, -0.1) is 0 Å². The standard InChI is InChI=1S/C19H24N2O4/c1-4-25-18(23)15-7-20-16-13(3)5-12(2)6-14(16)17(15)21-8-19(9-22)10-24-11-19/h5-7,22H,4,8-11H2,1-3H3,(H,20,21). The molecule has 0 spiro atoms. The summed E-state index contributed by atoms with van der Waals surface area (Å²) < 4.78 is 10.4. The quantitative estimate of drug-likeness (QED) is 0.784. The molecule has 0 aliphatic carbocycles. The van der Waals surface area contributed by atoms with Gasteiger partial charge in [-0.05, 0) is 32.4 Å². The van der Waals surface area contributed by atoms with Gasteiger partial charge in [0.25, 0.3) is 0 Å². The molecule has 6 nitrogen and oxygen atoms in total. The first-order chi connectivity index (χ1) is 12.0. The number of rotatable bonds is 6. The second-order valence-corrected chi connectivity index (χ2v) is 6.75. The molecule has 2 heterocycles. The van der Waals surface area contributed by atoms with E-state index < -0.39 is 5.97 Å². The highest BCUT2D eigenvalue weighted by Crippen LogP contribution is 2.32. The number of aryl methyl sites for hydroxylation is 2. The Bertz CT molecular complexity index is 794. The number of ether oxygens (including phenoxy) is 2. The van der Waals surface area contributed by atoms with Crippen molar-refractivity contribution < 1.29 is 19.4 Å². The number of aliphatic hydroxyl groups is 1. The normalized spacial score (nSPS) is 15.7. The zero-order valence-electron chi connectivity index (χ0n) is 14.9. The second-order valence-electron chi connectivity index (χ2n) is 6.75.